The van der Waals surface area contributed by atoms with Gasteiger partial charge < -0.3 is 10.2 Å². The molecule has 6 nitrogen and oxygen atoms in total. The third-order valence-corrected chi connectivity index (χ3v) is 5.79. The van der Waals surface area contributed by atoms with Gasteiger partial charge in [-0.05, 0) is 70.8 Å². The molecule has 1 saturated heterocycles. The van der Waals surface area contributed by atoms with Crippen LogP contribution in [-0.4, -0.2) is 45.2 Å². The molecule has 150 valence electrons. The highest BCUT2D eigenvalue weighted by atomic mass is 16.2. The number of likely N-dealkylation sites (tertiary alicyclic amines) is 1. The van der Waals surface area contributed by atoms with Crippen molar-refractivity contribution in [2.24, 2.45) is 0 Å². The minimum atomic E-state index is -0.0335. The zero-order valence-corrected chi connectivity index (χ0v) is 17.2. The van der Waals surface area contributed by atoms with Gasteiger partial charge in [0.1, 0.15) is 0 Å². The predicted molar refractivity (Wildman–Crippen MR) is 111 cm³/mol. The van der Waals surface area contributed by atoms with E-state index in [1.165, 1.54) is 42.9 Å². The molecule has 1 N–H and O–H groups in total. The first kappa shape index (κ1) is 19.0. The van der Waals surface area contributed by atoms with Gasteiger partial charge in [0.15, 0.2) is 0 Å². The van der Waals surface area contributed by atoms with Crippen LogP contribution in [0.5, 0.6) is 0 Å². The van der Waals surface area contributed by atoms with Crippen molar-refractivity contribution in [3.63, 3.8) is 0 Å². The number of nitrogens with one attached hydrogen (secondary N) is 1. The first-order valence-corrected chi connectivity index (χ1v) is 10.5. The predicted octanol–water partition coefficient (Wildman–Crippen LogP) is 3.96. The van der Waals surface area contributed by atoms with E-state index in [1.54, 1.807) is 0 Å². The van der Waals surface area contributed by atoms with Crippen molar-refractivity contribution in [3.8, 4) is 0 Å². The summed E-state index contributed by atoms with van der Waals surface area (Å²) in [6.45, 7) is 11.0. The van der Waals surface area contributed by atoms with Crippen molar-refractivity contribution < 1.29 is 4.79 Å². The first-order chi connectivity index (χ1) is 13.5. The molecular weight excluding hydrogens is 350 g/mol. The summed E-state index contributed by atoms with van der Waals surface area (Å²) >= 11 is 0. The van der Waals surface area contributed by atoms with Crippen molar-refractivity contribution in [2.75, 3.05) is 25.0 Å². The smallest absolute Gasteiger partial charge is 0.318 e. The Labute approximate surface area is 167 Å². The van der Waals surface area contributed by atoms with Crippen LogP contribution >= 0.6 is 0 Å². The Morgan fingerprint density at radius 3 is 2.71 bits per heavy atom. The Balaban J connectivity index is 1.52. The van der Waals surface area contributed by atoms with E-state index in [2.05, 4.69) is 28.7 Å². The summed E-state index contributed by atoms with van der Waals surface area (Å²) < 4.78 is 2.13. The second-order valence-corrected chi connectivity index (χ2v) is 8.36. The van der Waals surface area contributed by atoms with Gasteiger partial charge in [0.25, 0.3) is 0 Å². The number of amides is 2. The number of fused-ring (bicyclic) bond motifs is 1. The van der Waals surface area contributed by atoms with Gasteiger partial charge >= 0.3 is 6.03 Å². The molecule has 1 aromatic carbocycles. The summed E-state index contributed by atoms with van der Waals surface area (Å²) in [5, 5.41) is 8.01. The van der Waals surface area contributed by atoms with E-state index in [4.69, 9.17) is 5.10 Å². The summed E-state index contributed by atoms with van der Waals surface area (Å²) in [6.07, 6.45) is 3.46. The molecule has 0 spiro atoms. The fourth-order valence-corrected chi connectivity index (χ4v) is 4.32. The molecule has 3 heterocycles. The third-order valence-electron chi connectivity index (χ3n) is 5.79. The standard InChI is InChI=1S/C22H31N5O/c1-16(2)27-21-15-26(22(28)23-18-8-6-7-17(3)13-18)12-9-19(21)20(24-27)14-25-10-4-5-11-25/h6-8,13,16H,4-5,9-12,14-15H2,1-3H3,(H,23,28). The summed E-state index contributed by atoms with van der Waals surface area (Å²) in [5.74, 6) is 0. The number of aromatic nitrogens is 2. The minimum Gasteiger partial charge on any atom is -0.318 e. The summed E-state index contributed by atoms with van der Waals surface area (Å²) in [6, 6.07) is 8.20. The van der Waals surface area contributed by atoms with Crippen LogP contribution in [-0.2, 0) is 19.5 Å². The SMILES string of the molecule is Cc1cccc(NC(=O)N2CCc3c(CN4CCCC4)nn(C(C)C)c3C2)c1. The van der Waals surface area contributed by atoms with Gasteiger partial charge in [-0.1, -0.05) is 12.1 Å². The summed E-state index contributed by atoms with van der Waals surface area (Å²) in [7, 11) is 0. The van der Waals surface area contributed by atoms with Gasteiger partial charge in [0.2, 0.25) is 0 Å². The highest BCUT2D eigenvalue weighted by Gasteiger charge is 2.29. The number of nitrogens with zero attached hydrogens (tertiary/aromatic N) is 4. The third kappa shape index (κ3) is 3.92. The van der Waals surface area contributed by atoms with Gasteiger partial charge in [-0.3, -0.25) is 9.58 Å². The van der Waals surface area contributed by atoms with Crippen LogP contribution in [0.4, 0.5) is 10.5 Å². The van der Waals surface area contributed by atoms with Crippen molar-refractivity contribution in [1.82, 2.24) is 19.6 Å². The molecule has 4 rings (SSSR count). The number of hydrogen-bond acceptors (Lipinski definition) is 3. The van der Waals surface area contributed by atoms with Crippen LogP contribution in [0.3, 0.4) is 0 Å². The van der Waals surface area contributed by atoms with Gasteiger partial charge in [0, 0.05) is 30.4 Å². The number of carbonyl (C=O) groups is 1. The average Bonchev–Trinajstić information content (AvgIpc) is 3.30. The normalized spacial score (nSPS) is 17.2. The Hall–Kier alpha value is -2.34. The van der Waals surface area contributed by atoms with Crippen molar-refractivity contribution >= 4 is 11.7 Å². The molecule has 0 radical (unpaired) electrons. The summed E-state index contributed by atoms with van der Waals surface area (Å²) in [5.41, 5.74) is 5.77. The van der Waals surface area contributed by atoms with Crippen LogP contribution < -0.4 is 5.32 Å². The Morgan fingerprint density at radius 2 is 2.00 bits per heavy atom. The number of benzene rings is 1. The van der Waals surface area contributed by atoms with Gasteiger partial charge in [-0.15, -0.1) is 0 Å². The Kier molecular flexibility index (Phi) is 5.40. The largest absolute Gasteiger partial charge is 0.322 e. The maximum Gasteiger partial charge on any atom is 0.322 e. The molecule has 0 saturated carbocycles. The maximum atomic E-state index is 12.8. The van der Waals surface area contributed by atoms with Crippen molar-refractivity contribution in [3.05, 3.63) is 46.8 Å². The van der Waals surface area contributed by atoms with Crippen molar-refractivity contribution in [1.29, 1.82) is 0 Å². The summed E-state index contributed by atoms with van der Waals surface area (Å²) in [4.78, 5) is 17.2. The number of anilines is 1. The molecule has 0 bridgehead atoms. The molecular formula is C22H31N5O. The first-order valence-electron chi connectivity index (χ1n) is 10.5. The molecule has 2 aromatic rings. The molecule has 2 aliphatic heterocycles. The average molecular weight is 382 g/mol. The fourth-order valence-electron chi connectivity index (χ4n) is 4.32. The van der Waals surface area contributed by atoms with Crippen LogP contribution in [0, 0.1) is 6.92 Å². The molecule has 1 fully saturated rings. The van der Waals surface area contributed by atoms with Gasteiger partial charge in [-0.25, -0.2) is 4.79 Å². The molecule has 0 unspecified atom stereocenters. The minimum absolute atomic E-state index is 0.0335. The topological polar surface area (TPSA) is 53.4 Å². The van der Waals surface area contributed by atoms with E-state index < -0.39 is 0 Å². The molecule has 6 heteroatoms. The fraction of sp³-hybridized carbons (Fsp3) is 0.545. The van der Waals surface area contributed by atoms with Crippen LogP contribution in [0.25, 0.3) is 0 Å². The number of aryl methyl sites for hydroxylation is 1. The van der Waals surface area contributed by atoms with Crippen molar-refractivity contribution in [2.45, 2.75) is 59.2 Å². The Bertz CT molecular complexity index is 851. The lowest BCUT2D eigenvalue weighted by atomic mass is 10.0. The van der Waals surface area contributed by atoms with E-state index in [-0.39, 0.29) is 6.03 Å². The zero-order valence-electron chi connectivity index (χ0n) is 17.2. The van der Waals surface area contributed by atoms with E-state index in [9.17, 15) is 4.79 Å². The quantitative estimate of drug-likeness (QED) is 0.872. The van der Waals surface area contributed by atoms with Gasteiger partial charge in [-0.2, -0.15) is 5.10 Å². The highest BCUT2D eigenvalue weighted by Crippen LogP contribution is 2.27. The maximum absolute atomic E-state index is 12.8. The molecule has 2 aliphatic rings. The van der Waals surface area contributed by atoms with E-state index in [0.717, 1.165) is 30.8 Å². The molecule has 0 atom stereocenters. The lowest BCUT2D eigenvalue weighted by Crippen LogP contribution is -2.39. The number of rotatable bonds is 4. The van der Waals surface area contributed by atoms with E-state index in [0.29, 0.717) is 12.6 Å². The van der Waals surface area contributed by atoms with Crippen LogP contribution in [0.1, 0.15) is 55.2 Å². The van der Waals surface area contributed by atoms with E-state index >= 15 is 0 Å². The number of urea groups is 1. The van der Waals surface area contributed by atoms with Gasteiger partial charge in [0.05, 0.1) is 17.9 Å². The highest BCUT2D eigenvalue weighted by molar-refractivity contribution is 5.89. The lowest BCUT2D eigenvalue weighted by Gasteiger charge is -2.29. The van der Waals surface area contributed by atoms with E-state index in [1.807, 2.05) is 36.1 Å². The monoisotopic (exact) mass is 381 g/mol. The van der Waals surface area contributed by atoms with Crippen LogP contribution in [0.15, 0.2) is 24.3 Å². The zero-order chi connectivity index (χ0) is 19.7. The molecule has 2 amide bonds. The number of carbonyl (C=O) groups excluding carboxylic acids is 1. The lowest BCUT2D eigenvalue weighted by molar-refractivity contribution is 0.203. The number of hydrogen-bond donors (Lipinski definition) is 1. The second-order valence-electron chi connectivity index (χ2n) is 8.36. The second kappa shape index (κ2) is 7.95. The molecule has 1 aromatic heterocycles. The molecule has 0 aliphatic carbocycles. The van der Waals surface area contributed by atoms with Crippen LogP contribution in [0.2, 0.25) is 0 Å². The molecule has 28 heavy (non-hydrogen) atoms. The Morgan fingerprint density at radius 1 is 1.21 bits per heavy atom.